The first-order chi connectivity index (χ1) is 69.6. The zero-order valence-corrected chi connectivity index (χ0v) is 83.2. The van der Waals surface area contributed by atoms with E-state index < -0.39 is 0 Å². The number of fused-ring (bicyclic) bond motifs is 12. The van der Waals surface area contributed by atoms with Crippen molar-refractivity contribution in [1.29, 1.82) is 0 Å². The summed E-state index contributed by atoms with van der Waals surface area (Å²) in [5.41, 5.74) is 45.4. The van der Waals surface area contributed by atoms with Crippen LogP contribution in [0.3, 0.4) is 0 Å². The fourth-order valence-corrected chi connectivity index (χ4v) is 22.6. The van der Waals surface area contributed by atoms with Crippen molar-refractivity contribution in [2.75, 3.05) is 9.80 Å². The number of unbranched alkanes of at least 4 members (excludes halogenated alkanes) is 4. The smallest absolute Gasteiger partial charge is 0.0541 e. The number of aryl methyl sites for hydroxylation is 4. The van der Waals surface area contributed by atoms with E-state index in [0.717, 1.165) is 59.8 Å². The molecule has 0 bridgehead atoms. The van der Waals surface area contributed by atoms with Crippen molar-refractivity contribution in [1.82, 2.24) is 9.13 Å². The average molecular weight is 1840 g/mol. The lowest BCUT2D eigenvalue weighted by Crippen LogP contribution is -2.16. The Labute approximate surface area is 839 Å². The van der Waals surface area contributed by atoms with Gasteiger partial charge in [0.05, 0.1) is 22.1 Å². The van der Waals surface area contributed by atoms with Gasteiger partial charge in [-0.1, -0.05) is 372 Å². The Balaban J connectivity index is 0.000000163. The van der Waals surface area contributed by atoms with Gasteiger partial charge in [-0.25, -0.2) is 0 Å². The number of anilines is 6. The van der Waals surface area contributed by atoms with Crippen molar-refractivity contribution in [2.45, 2.75) is 155 Å². The van der Waals surface area contributed by atoms with Crippen LogP contribution < -0.4 is 9.80 Å². The van der Waals surface area contributed by atoms with Crippen molar-refractivity contribution < 1.29 is 0 Å². The van der Waals surface area contributed by atoms with Crippen LogP contribution in [0.4, 0.5) is 34.1 Å². The molecule has 2 aliphatic carbocycles. The zero-order valence-electron chi connectivity index (χ0n) is 83.2. The van der Waals surface area contributed by atoms with E-state index in [1.165, 1.54) is 240 Å². The van der Waals surface area contributed by atoms with Crippen LogP contribution in [-0.2, 0) is 36.5 Å². The van der Waals surface area contributed by atoms with Crippen LogP contribution in [0.25, 0.3) is 133 Å². The molecule has 2 atom stereocenters. The Bertz CT molecular complexity index is 8050. The molecule has 0 N–H and O–H groups in total. The van der Waals surface area contributed by atoms with E-state index in [0.29, 0.717) is 11.8 Å². The van der Waals surface area contributed by atoms with Gasteiger partial charge in [-0.3, -0.25) is 0 Å². The summed E-state index contributed by atoms with van der Waals surface area (Å²) in [5.74, 6) is 1.26. The van der Waals surface area contributed by atoms with Gasteiger partial charge in [0, 0.05) is 77.9 Å². The molecular weight excluding hydrogens is 1710 g/mol. The molecule has 0 saturated carbocycles. The van der Waals surface area contributed by atoms with Gasteiger partial charge in [-0.15, -0.1) is 0 Å². The third-order valence-corrected chi connectivity index (χ3v) is 31.1. The molecule has 0 saturated heterocycles. The molecule has 23 rings (SSSR count). The Morgan fingerprint density at radius 2 is 0.472 bits per heavy atom. The number of rotatable bonds is 29. The molecule has 4 heteroatoms. The third kappa shape index (κ3) is 18.2. The number of nitrogens with zero attached hydrogens (tertiary/aromatic N) is 4. The van der Waals surface area contributed by atoms with E-state index in [1.807, 2.05) is 0 Å². The maximum Gasteiger partial charge on any atom is 0.0541 e. The molecule has 2 unspecified atom stereocenters. The molecule has 19 aromatic carbocycles. The average Bonchev–Trinajstić information content (AvgIpc) is 1.61. The molecule has 2 aliphatic rings. The number of hydrogen-bond donors (Lipinski definition) is 0. The second kappa shape index (κ2) is 39.9. The first-order valence-corrected chi connectivity index (χ1v) is 51.8. The topological polar surface area (TPSA) is 16.3 Å². The molecule has 2 heterocycles. The molecule has 2 aromatic heterocycles. The SMILES string of the molecule is CCC(C)c1ccc(CCCCCc2ccc(-n3c4ccc(-c5ccccc5)cc4c4cc(-c5ccc(N(c6ccc(-c7ccccc7)cc6)c6ccc7c(c6)C(C)(C)c6ccccc6-7)cc5)ccc43)cc2)cc1.CCC(C)c1ccc(CCCCCc2ccc3c(c2)c2cc(-c4ccc(N(c5ccc(-c6ccccc6)cc5)c5ccc6c(c5)C(C)(C)c5ccccc5-6)cc4)ccc2n3-c2ccccc2)cc1. The number of para-hydroxylation sites is 1. The summed E-state index contributed by atoms with van der Waals surface area (Å²) < 4.78 is 4.89. The fourth-order valence-electron chi connectivity index (χ4n) is 22.6. The van der Waals surface area contributed by atoms with Gasteiger partial charge < -0.3 is 18.9 Å². The second-order valence-corrected chi connectivity index (χ2v) is 40.7. The van der Waals surface area contributed by atoms with Crippen LogP contribution >= 0.6 is 0 Å². The second-order valence-electron chi connectivity index (χ2n) is 40.7. The highest BCUT2D eigenvalue weighted by Gasteiger charge is 2.38. The summed E-state index contributed by atoms with van der Waals surface area (Å²) in [7, 11) is 0. The minimum atomic E-state index is -0.108. The minimum absolute atomic E-state index is 0.0991. The van der Waals surface area contributed by atoms with E-state index in [2.05, 4.69) is 523 Å². The van der Waals surface area contributed by atoms with E-state index in [-0.39, 0.29) is 10.8 Å². The molecule has 0 spiro atoms. The molecule has 0 amide bonds. The maximum atomic E-state index is 2.47. The molecule has 4 nitrogen and oxygen atoms in total. The third-order valence-electron chi connectivity index (χ3n) is 31.1. The van der Waals surface area contributed by atoms with E-state index in [9.17, 15) is 0 Å². The lowest BCUT2D eigenvalue weighted by atomic mass is 9.82. The van der Waals surface area contributed by atoms with Crippen molar-refractivity contribution in [3.8, 4) is 89.3 Å². The Morgan fingerprint density at radius 3 is 0.831 bits per heavy atom. The van der Waals surface area contributed by atoms with Crippen LogP contribution in [0.5, 0.6) is 0 Å². The summed E-state index contributed by atoms with van der Waals surface area (Å²) in [6, 6.07) is 168. The molecule has 0 aliphatic heterocycles. The van der Waals surface area contributed by atoms with E-state index in [4.69, 9.17) is 0 Å². The van der Waals surface area contributed by atoms with Gasteiger partial charge in [-0.2, -0.15) is 0 Å². The molecule has 0 fully saturated rings. The molecule has 696 valence electrons. The molecular formula is C138H124N4. The highest BCUT2D eigenvalue weighted by Crippen LogP contribution is 2.54. The van der Waals surface area contributed by atoms with Crippen LogP contribution in [0, 0.1) is 0 Å². The van der Waals surface area contributed by atoms with Gasteiger partial charge in [0.25, 0.3) is 0 Å². The highest BCUT2D eigenvalue weighted by atomic mass is 15.1. The Hall–Kier alpha value is -15.6. The quantitative estimate of drug-likeness (QED) is 0.0435. The Morgan fingerprint density at radius 1 is 0.211 bits per heavy atom. The summed E-state index contributed by atoms with van der Waals surface area (Å²) in [6.45, 7) is 18.6. The summed E-state index contributed by atoms with van der Waals surface area (Å²) in [5, 5.41) is 5.10. The van der Waals surface area contributed by atoms with Crippen molar-refractivity contribution in [3.63, 3.8) is 0 Å². The predicted octanol–water partition coefficient (Wildman–Crippen LogP) is 38.4. The monoisotopic (exact) mass is 1840 g/mol. The predicted molar refractivity (Wildman–Crippen MR) is 606 cm³/mol. The van der Waals surface area contributed by atoms with Gasteiger partial charge in [0.2, 0.25) is 0 Å². The Kier molecular flexibility index (Phi) is 25.7. The van der Waals surface area contributed by atoms with Crippen LogP contribution in [-0.4, -0.2) is 9.13 Å². The zero-order chi connectivity index (χ0) is 96.4. The summed E-state index contributed by atoms with van der Waals surface area (Å²) >= 11 is 0. The fraction of sp³-hybridized carbons (Fsp3) is 0.174. The van der Waals surface area contributed by atoms with E-state index >= 15 is 0 Å². The largest absolute Gasteiger partial charge is 0.310 e. The standard InChI is InChI=1S/C72H64N2.C66H60N2/c1-5-50(2)53-29-25-51(26-30-53)17-9-6-10-18-52-27-37-62(38-28-52)74-70-45-35-58(55-21-13-8-14-22-55)47-66(70)67-48-59(36-46-71(67)74)57-33-41-61(42-34-57)73(60-39-31-56(32-40-60)54-19-11-7-12-20-54)63-43-44-65-64-23-15-16-24-68(64)72(3,4)69(65)49-63;1-5-46(2)49-28-25-47(26-29-49)17-9-6-10-18-48-27-41-64-60(43-48)61-44-53(34-42-65(61)68(64)54-21-13-8-14-22-54)52-32-37-56(38-33-52)67(55-35-30-51(31-36-55)50-19-11-7-12-20-50)57-39-40-59-58-23-15-16-24-62(58)66(3,4)63(59)45-57/h7-8,11-16,19-50H,5-6,9-10,17-18H2,1-4H3;7-8,11-16,19-46H,5-6,9-10,17-18H2,1-4H3. The van der Waals surface area contributed by atoms with Gasteiger partial charge >= 0.3 is 0 Å². The maximum absolute atomic E-state index is 2.47. The first kappa shape index (κ1) is 91.5. The number of hydrogen-bond acceptors (Lipinski definition) is 2. The van der Waals surface area contributed by atoms with Gasteiger partial charge in [-0.05, 0) is 355 Å². The number of benzene rings is 19. The molecule has 142 heavy (non-hydrogen) atoms. The lowest BCUT2D eigenvalue weighted by Gasteiger charge is -2.28. The molecule has 21 aromatic rings. The molecule has 0 radical (unpaired) electrons. The van der Waals surface area contributed by atoms with Crippen molar-refractivity contribution >= 4 is 77.7 Å². The summed E-state index contributed by atoms with van der Waals surface area (Å²) in [4.78, 5) is 4.83. The highest BCUT2D eigenvalue weighted by molar-refractivity contribution is 6.13. The van der Waals surface area contributed by atoms with Crippen LogP contribution in [0.1, 0.15) is 174 Å². The van der Waals surface area contributed by atoms with E-state index in [1.54, 1.807) is 0 Å². The van der Waals surface area contributed by atoms with Crippen molar-refractivity contribution in [2.24, 2.45) is 0 Å². The van der Waals surface area contributed by atoms with Crippen molar-refractivity contribution in [3.05, 3.63) is 505 Å². The lowest BCUT2D eigenvalue weighted by molar-refractivity contribution is 0.660. The van der Waals surface area contributed by atoms with Gasteiger partial charge in [0.15, 0.2) is 0 Å². The van der Waals surface area contributed by atoms with Crippen LogP contribution in [0.2, 0.25) is 0 Å². The normalized spacial score (nSPS) is 13.0. The summed E-state index contributed by atoms with van der Waals surface area (Å²) in [6.07, 6.45) is 14.2. The number of aromatic nitrogens is 2. The minimum Gasteiger partial charge on any atom is -0.310 e. The van der Waals surface area contributed by atoms with Gasteiger partial charge in [0.1, 0.15) is 0 Å². The van der Waals surface area contributed by atoms with Crippen LogP contribution in [0.15, 0.2) is 449 Å². The first-order valence-electron chi connectivity index (χ1n) is 51.8.